The quantitative estimate of drug-likeness (QED) is 0.702. The van der Waals surface area contributed by atoms with Gasteiger partial charge in [0.05, 0.1) is 0 Å². The highest BCUT2D eigenvalue weighted by molar-refractivity contribution is 5.40. The number of nitrogens with zero attached hydrogens (tertiary/aromatic N) is 3. The first-order chi connectivity index (χ1) is 11.4. The van der Waals surface area contributed by atoms with Crippen LogP contribution in [-0.2, 0) is 13.0 Å². The number of anilines is 2. The summed E-state index contributed by atoms with van der Waals surface area (Å²) in [4.78, 5) is 12.8. The maximum Gasteiger partial charge on any atom is 0.224 e. The number of rotatable bonds is 7. The third-order valence-corrected chi connectivity index (χ3v) is 3.39. The van der Waals surface area contributed by atoms with Gasteiger partial charge in [-0.25, -0.2) is 4.98 Å². The normalized spacial score (nSPS) is 10.3. The molecule has 23 heavy (non-hydrogen) atoms. The van der Waals surface area contributed by atoms with E-state index >= 15 is 0 Å². The van der Waals surface area contributed by atoms with Crippen LogP contribution in [0.4, 0.5) is 11.8 Å². The molecule has 1 aromatic carbocycles. The molecular weight excluding hydrogens is 286 g/mol. The molecule has 2 N–H and O–H groups in total. The highest BCUT2D eigenvalue weighted by Crippen LogP contribution is 2.08. The molecule has 0 saturated carbocycles. The van der Waals surface area contributed by atoms with Crippen LogP contribution in [0.3, 0.4) is 0 Å². The van der Waals surface area contributed by atoms with Gasteiger partial charge in [0.15, 0.2) is 0 Å². The van der Waals surface area contributed by atoms with Gasteiger partial charge in [0.25, 0.3) is 0 Å². The number of benzene rings is 1. The minimum Gasteiger partial charge on any atom is -0.366 e. The number of hydrogen-bond acceptors (Lipinski definition) is 5. The lowest BCUT2D eigenvalue weighted by Gasteiger charge is -2.08. The molecule has 0 atom stereocenters. The lowest BCUT2D eigenvalue weighted by molar-refractivity contribution is 0.979. The Morgan fingerprint density at radius 3 is 2.52 bits per heavy atom. The molecule has 0 aliphatic heterocycles. The van der Waals surface area contributed by atoms with Crippen LogP contribution < -0.4 is 10.6 Å². The first-order valence-corrected chi connectivity index (χ1v) is 7.64. The van der Waals surface area contributed by atoms with Crippen molar-refractivity contribution in [2.45, 2.75) is 13.0 Å². The molecule has 0 fully saturated rings. The van der Waals surface area contributed by atoms with Gasteiger partial charge in [0.2, 0.25) is 5.95 Å². The molecule has 0 bridgehead atoms. The van der Waals surface area contributed by atoms with Crippen LogP contribution in [0.5, 0.6) is 0 Å². The number of aromatic nitrogens is 3. The molecule has 0 aliphatic rings. The van der Waals surface area contributed by atoms with E-state index in [0.29, 0.717) is 12.5 Å². The largest absolute Gasteiger partial charge is 0.366 e. The van der Waals surface area contributed by atoms with Crippen LogP contribution in [0.15, 0.2) is 67.1 Å². The van der Waals surface area contributed by atoms with Crippen molar-refractivity contribution in [3.05, 3.63) is 78.2 Å². The van der Waals surface area contributed by atoms with Gasteiger partial charge in [0.1, 0.15) is 5.82 Å². The van der Waals surface area contributed by atoms with Crippen LogP contribution in [0, 0.1) is 0 Å². The van der Waals surface area contributed by atoms with Crippen molar-refractivity contribution in [3.63, 3.8) is 0 Å². The number of hydrogen-bond donors (Lipinski definition) is 2. The Balaban J connectivity index is 1.51. The highest BCUT2D eigenvalue weighted by atomic mass is 15.1. The van der Waals surface area contributed by atoms with Crippen molar-refractivity contribution >= 4 is 11.8 Å². The molecular formula is C18H19N5. The first-order valence-electron chi connectivity index (χ1n) is 7.64. The molecule has 116 valence electrons. The average Bonchev–Trinajstić information content (AvgIpc) is 2.62. The summed E-state index contributed by atoms with van der Waals surface area (Å²) in [7, 11) is 0. The van der Waals surface area contributed by atoms with Crippen molar-refractivity contribution < 1.29 is 0 Å². The van der Waals surface area contributed by atoms with Gasteiger partial charge in [-0.15, -0.1) is 0 Å². The smallest absolute Gasteiger partial charge is 0.224 e. The van der Waals surface area contributed by atoms with Gasteiger partial charge in [0, 0.05) is 31.7 Å². The molecule has 3 aromatic rings. The Kier molecular flexibility index (Phi) is 5.13. The summed E-state index contributed by atoms with van der Waals surface area (Å²) < 4.78 is 0. The van der Waals surface area contributed by atoms with E-state index in [-0.39, 0.29) is 0 Å². The fraction of sp³-hybridized carbons (Fsp3) is 0.167. The topological polar surface area (TPSA) is 62.7 Å². The van der Waals surface area contributed by atoms with Crippen LogP contribution in [-0.4, -0.2) is 21.5 Å². The van der Waals surface area contributed by atoms with Gasteiger partial charge in [-0.3, -0.25) is 4.98 Å². The Morgan fingerprint density at radius 1 is 0.826 bits per heavy atom. The molecule has 0 amide bonds. The monoisotopic (exact) mass is 305 g/mol. The lowest BCUT2D eigenvalue weighted by Crippen LogP contribution is -2.09. The van der Waals surface area contributed by atoms with E-state index in [4.69, 9.17) is 0 Å². The van der Waals surface area contributed by atoms with E-state index in [0.717, 1.165) is 24.3 Å². The van der Waals surface area contributed by atoms with Crippen molar-refractivity contribution in [1.29, 1.82) is 0 Å². The van der Waals surface area contributed by atoms with E-state index in [1.165, 1.54) is 5.56 Å². The molecule has 3 rings (SSSR count). The summed E-state index contributed by atoms with van der Waals surface area (Å²) in [5, 5.41) is 6.54. The summed E-state index contributed by atoms with van der Waals surface area (Å²) >= 11 is 0. The molecule has 2 heterocycles. The van der Waals surface area contributed by atoms with Crippen molar-refractivity contribution in [2.75, 3.05) is 17.2 Å². The van der Waals surface area contributed by atoms with Gasteiger partial charge < -0.3 is 10.6 Å². The van der Waals surface area contributed by atoms with E-state index in [1.807, 2.05) is 30.5 Å². The molecule has 5 heteroatoms. The predicted molar refractivity (Wildman–Crippen MR) is 92.2 cm³/mol. The second kappa shape index (κ2) is 7.89. The van der Waals surface area contributed by atoms with E-state index in [2.05, 4.69) is 49.9 Å². The molecule has 0 aliphatic carbocycles. The fourth-order valence-electron chi connectivity index (χ4n) is 2.20. The molecule has 0 spiro atoms. The van der Waals surface area contributed by atoms with Gasteiger partial charge >= 0.3 is 0 Å². The Morgan fingerprint density at radius 2 is 1.70 bits per heavy atom. The molecule has 0 saturated heterocycles. The van der Waals surface area contributed by atoms with E-state index < -0.39 is 0 Å². The summed E-state index contributed by atoms with van der Waals surface area (Å²) in [5.41, 5.74) is 2.41. The molecule has 5 nitrogen and oxygen atoms in total. The summed E-state index contributed by atoms with van der Waals surface area (Å²) in [6, 6.07) is 16.2. The van der Waals surface area contributed by atoms with Crippen LogP contribution in [0.1, 0.15) is 11.1 Å². The van der Waals surface area contributed by atoms with Gasteiger partial charge in [-0.2, -0.15) is 4.98 Å². The van der Waals surface area contributed by atoms with E-state index in [9.17, 15) is 0 Å². The lowest BCUT2D eigenvalue weighted by atomic mass is 10.1. The van der Waals surface area contributed by atoms with Gasteiger partial charge in [-0.05, 0) is 29.7 Å². The summed E-state index contributed by atoms with van der Waals surface area (Å²) in [6.45, 7) is 1.49. The molecule has 0 unspecified atom stereocenters. The zero-order chi connectivity index (χ0) is 15.7. The van der Waals surface area contributed by atoms with Crippen molar-refractivity contribution in [2.24, 2.45) is 0 Å². The maximum atomic E-state index is 4.47. The highest BCUT2D eigenvalue weighted by Gasteiger charge is 2.00. The van der Waals surface area contributed by atoms with Crippen LogP contribution in [0.2, 0.25) is 0 Å². The predicted octanol–water partition coefficient (Wildman–Crippen LogP) is 3.14. The zero-order valence-electron chi connectivity index (χ0n) is 12.8. The minimum absolute atomic E-state index is 0.636. The zero-order valence-corrected chi connectivity index (χ0v) is 12.8. The second-order valence-corrected chi connectivity index (χ2v) is 5.14. The summed E-state index contributed by atoms with van der Waals surface area (Å²) in [6.07, 6.45) is 6.30. The maximum absolute atomic E-state index is 4.47. The fourth-order valence-corrected chi connectivity index (χ4v) is 2.20. The number of pyridine rings is 1. The van der Waals surface area contributed by atoms with Crippen molar-refractivity contribution in [3.8, 4) is 0 Å². The first kappa shape index (κ1) is 15.0. The SMILES string of the molecule is c1ccc(CCNc2nccc(NCc3cccnc3)n2)cc1. The van der Waals surface area contributed by atoms with Crippen LogP contribution >= 0.6 is 0 Å². The minimum atomic E-state index is 0.636. The number of nitrogens with one attached hydrogen (secondary N) is 2. The Bertz CT molecular complexity index is 716. The second-order valence-electron chi connectivity index (χ2n) is 5.14. The van der Waals surface area contributed by atoms with Crippen molar-refractivity contribution in [1.82, 2.24) is 15.0 Å². The molecule has 2 aromatic heterocycles. The Labute approximate surface area is 135 Å². The van der Waals surface area contributed by atoms with E-state index in [1.54, 1.807) is 12.4 Å². The Hall–Kier alpha value is -2.95. The van der Waals surface area contributed by atoms with Gasteiger partial charge in [-0.1, -0.05) is 36.4 Å². The third-order valence-electron chi connectivity index (χ3n) is 3.39. The standard InChI is InChI=1S/C18H19N5/c1-2-5-15(6-3-1)8-11-20-18-21-12-9-17(23-18)22-14-16-7-4-10-19-13-16/h1-7,9-10,12-13H,8,11,14H2,(H2,20,21,22,23). The average molecular weight is 305 g/mol. The molecule has 0 radical (unpaired) electrons. The third kappa shape index (κ3) is 4.78. The summed E-state index contributed by atoms with van der Waals surface area (Å²) in [5.74, 6) is 1.43. The van der Waals surface area contributed by atoms with Crippen LogP contribution in [0.25, 0.3) is 0 Å².